The van der Waals surface area contributed by atoms with Crippen molar-refractivity contribution in [3.63, 3.8) is 0 Å². The van der Waals surface area contributed by atoms with Gasteiger partial charge in [0.1, 0.15) is 23.1 Å². The monoisotopic (exact) mass is 904 g/mol. The van der Waals surface area contributed by atoms with E-state index in [0.717, 1.165) is 45.0 Å². The Morgan fingerprint density at radius 2 is 1.39 bits per heavy atom. The third kappa shape index (κ3) is 7.92. The van der Waals surface area contributed by atoms with Crippen molar-refractivity contribution in [3.05, 3.63) is 118 Å². The zero-order chi connectivity index (χ0) is 44.2. The van der Waals surface area contributed by atoms with Crippen LogP contribution in [0.1, 0.15) is 46.0 Å². The first-order chi connectivity index (χ1) is 29.4. The number of hydrogen-bond donors (Lipinski definition) is 3. The van der Waals surface area contributed by atoms with Crippen molar-refractivity contribution in [1.29, 1.82) is 5.26 Å². The Kier molecular flexibility index (Phi) is 11.0. The lowest BCUT2D eigenvalue weighted by atomic mass is 10.0. The molecular weight excluding hydrogens is 869 g/mol. The number of anilines is 5. The minimum absolute atomic E-state index is 0.0772. The number of nitriles is 1. The SMILES string of the molecule is CCc1cccc(C)c1N(c1cc(C)c(N=Nc2c(C#N)c(C)nn2-c2nc3ccc(S(=O)(=O)O)cc3s2)c(Nc2c(C)cccc2C)n1)c1nc2ccc(S(=O)(=O)O)cc2s1. The Labute approximate surface area is 364 Å². The molecule has 0 aliphatic carbocycles. The van der Waals surface area contributed by atoms with Crippen LogP contribution < -0.4 is 10.2 Å². The van der Waals surface area contributed by atoms with Crippen LogP contribution in [0.2, 0.25) is 0 Å². The van der Waals surface area contributed by atoms with E-state index in [-0.39, 0.29) is 26.3 Å². The highest BCUT2D eigenvalue weighted by Gasteiger charge is 2.26. The first-order valence-electron chi connectivity index (χ1n) is 18.9. The fraction of sp³-hybridized carbons (Fsp3) is 0.167. The molecule has 3 N–H and O–H groups in total. The first-order valence-corrected chi connectivity index (χ1v) is 23.4. The molecule has 0 aliphatic heterocycles. The van der Waals surface area contributed by atoms with Gasteiger partial charge in [-0.1, -0.05) is 66.0 Å². The first kappa shape index (κ1) is 42.2. The van der Waals surface area contributed by atoms with Gasteiger partial charge in [0.05, 0.1) is 41.6 Å². The second-order valence-electron chi connectivity index (χ2n) is 14.4. The zero-order valence-corrected chi connectivity index (χ0v) is 37.2. The number of thiazole rings is 2. The van der Waals surface area contributed by atoms with E-state index in [9.17, 15) is 31.2 Å². The molecule has 0 unspecified atom stereocenters. The Hall–Kier alpha value is -6.47. The molecule has 0 fully saturated rings. The molecule has 0 atom stereocenters. The standard InChI is InChI=1S/C42H36N10O6S4/c1-7-27-13-9-12-24(4)38(27)51(41-44-31-16-14-28(61(53,54)55)19-33(31)59-41)35-18-25(5)37(39(46-35)47-36-22(2)10-8-11-23(36)3)48-49-40-30(21-43)26(6)50-52(40)42-45-32-17-15-29(62(56,57)58)20-34(32)60-42/h8-20H,7H2,1-6H3,(H,46,47)(H,53,54,55)(H,56,57,58). The van der Waals surface area contributed by atoms with Gasteiger partial charge in [-0.25, -0.2) is 15.0 Å². The Balaban J connectivity index is 1.33. The number of azo groups is 1. The summed E-state index contributed by atoms with van der Waals surface area (Å²) in [4.78, 5) is 16.2. The Morgan fingerprint density at radius 3 is 2.02 bits per heavy atom. The summed E-state index contributed by atoms with van der Waals surface area (Å²) >= 11 is 2.34. The largest absolute Gasteiger partial charge is 0.338 e. The van der Waals surface area contributed by atoms with E-state index in [1.165, 1.54) is 46.4 Å². The van der Waals surface area contributed by atoms with Gasteiger partial charge in [-0.2, -0.15) is 31.9 Å². The lowest BCUT2D eigenvalue weighted by Crippen LogP contribution is -2.16. The molecule has 0 saturated carbocycles. The maximum atomic E-state index is 12.1. The summed E-state index contributed by atoms with van der Waals surface area (Å²) in [7, 11) is -8.93. The molecule has 4 heterocycles. The fourth-order valence-electron chi connectivity index (χ4n) is 7.00. The van der Waals surface area contributed by atoms with Gasteiger partial charge in [-0.3, -0.25) is 14.0 Å². The number of pyridine rings is 1. The molecule has 0 radical (unpaired) electrons. The van der Waals surface area contributed by atoms with Crippen LogP contribution in [-0.4, -0.2) is 50.7 Å². The maximum Gasteiger partial charge on any atom is 0.294 e. The number of aromatic nitrogens is 5. The van der Waals surface area contributed by atoms with Crippen molar-refractivity contribution < 1.29 is 25.9 Å². The van der Waals surface area contributed by atoms with Gasteiger partial charge < -0.3 is 5.32 Å². The minimum atomic E-state index is -4.47. The van der Waals surface area contributed by atoms with Gasteiger partial charge in [-0.05, 0) is 111 Å². The summed E-state index contributed by atoms with van der Waals surface area (Å²) in [6, 6.07) is 24.2. The van der Waals surface area contributed by atoms with E-state index in [2.05, 4.69) is 33.5 Å². The van der Waals surface area contributed by atoms with Crippen LogP contribution in [0.5, 0.6) is 0 Å². The normalized spacial score (nSPS) is 12.1. The van der Waals surface area contributed by atoms with Crippen LogP contribution in [-0.2, 0) is 26.7 Å². The van der Waals surface area contributed by atoms with Crippen molar-refractivity contribution in [2.24, 2.45) is 10.2 Å². The lowest BCUT2D eigenvalue weighted by Gasteiger charge is -2.27. The van der Waals surface area contributed by atoms with Crippen molar-refractivity contribution in [1.82, 2.24) is 24.7 Å². The molecule has 0 amide bonds. The lowest BCUT2D eigenvalue weighted by molar-refractivity contribution is 0.481. The molecule has 62 heavy (non-hydrogen) atoms. The molecular formula is C42H36N10O6S4. The molecule has 0 spiro atoms. The highest BCUT2D eigenvalue weighted by molar-refractivity contribution is 7.86. The van der Waals surface area contributed by atoms with E-state index < -0.39 is 20.2 Å². The molecule has 4 aromatic carbocycles. The molecule has 8 aromatic rings. The predicted octanol–water partition coefficient (Wildman–Crippen LogP) is 10.6. The van der Waals surface area contributed by atoms with Crippen LogP contribution in [0.25, 0.3) is 25.6 Å². The van der Waals surface area contributed by atoms with Crippen LogP contribution in [0, 0.1) is 45.9 Å². The van der Waals surface area contributed by atoms with E-state index in [0.29, 0.717) is 60.6 Å². The van der Waals surface area contributed by atoms with E-state index in [4.69, 9.17) is 15.1 Å². The Morgan fingerprint density at radius 1 is 0.774 bits per heavy atom. The van der Waals surface area contributed by atoms with E-state index in [1.807, 2.05) is 75.1 Å². The maximum absolute atomic E-state index is 12.1. The van der Waals surface area contributed by atoms with Gasteiger partial charge >= 0.3 is 0 Å². The average Bonchev–Trinajstić information content (AvgIpc) is 3.93. The van der Waals surface area contributed by atoms with Crippen LogP contribution >= 0.6 is 22.7 Å². The number of nitrogens with one attached hydrogen (secondary N) is 1. The van der Waals surface area contributed by atoms with Crippen molar-refractivity contribution in [2.45, 2.75) is 57.8 Å². The third-order valence-electron chi connectivity index (χ3n) is 10.1. The van der Waals surface area contributed by atoms with Gasteiger partial charge in [0.15, 0.2) is 16.8 Å². The van der Waals surface area contributed by atoms with Gasteiger partial charge in [-0.15, -0.1) is 10.2 Å². The van der Waals surface area contributed by atoms with Crippen molar-refractivity contribution >= 4 is 103 Å². The summed E-state index contributed by atoms with van der Waals surface area (Å²) in [5, 5.41) is 28.5. The highest BCUT2D eigenvalue weighted by Crippen LogP contribution is 2.45. The quantitative estimate of drug-likeness (QED) is 0.0811. The minimum Gasteiger partial charge on any atom is -0.338 e. The summed E-state index contributed by atoms with van der Waals surface area (Å²) in [5.74, 6) is 0.866. The van der Waals surface area contributed by atoms with E-state index in [1.54, 1.807) is 13.0 Å². The third-order valence-corrected chi connectivity index (χ3v) is 13.8. The highest BCUT2D eigenvalue weighted by atomic mass is 32.2. The second kappa shape index (κ2) is 16.1. The van der Waals surface area contributed by atoms with Gasteiger partial charge in [0.2, 0.25) is 5.13 Å². The van der Waals surface area contributed by atoms with Gasteiger partial charge in [0.25, 0.3) is 20.2 Å². The fourth-order valence-corrected chi connectivity index (χ4v) is 10.1. The smallest absolute Gasteiger partial charge is 0.294 e. The Bertz CT molecular complexity index is 3400. The number of benzene rings is 4. The molecule has 0 saturated heterocycles. The second-order valence-corrected chi connectivity index (χ2v) is 19.2. The van der Waals surface area contributed by atoms with Crippen molar-refractivity contribution in [3.8, 4) is 11.2 Å². The molecule has 8 rings (SSSR count). The van der Waals surface area contributed by atoms with Crippen LogP contribution in [0.3, 0.4) is 0 Å². The summed E-state index contributed by atoms with van der Waals surface area (Å²) in [6.07, 6.45) is 0.675. The summed E-state index contributed by atoms with van der Waals surface area (Å²) < 4.78 is 69.7. The van der Waals surface area contributed by atoms with E-state index >= 15 is 0 Å². The number of fused-ring (bicyclic) bond motifs is 2. The van der Waals surface area contributed by atoms with Gasteiger partial charge in [0, 0.05) is 5.69 Å². The predicted molar refractivity (Wildman–Crippen MR) is 240 cm³/mol. The summed E-state index contributed by atoms with van der Waals surface area (Å²) in [5.41, 5.74) is 7.90. The number of aryl methyl sites for hydroxylation is 6. The topological polar surface area (TPSA) is 229 Å². The molecule has 16 nitrogen and oxygen atoms in total. The number of rotatable bonds is 11. The average molecular weight is 905 g/mol. The van der Waals surface area contributed by atoms with Crippen molar-refractivity contribution in [2.75, 3.05) is 10.2 Å². The number of nitrogens with zero attached hydrogens (tertiary/aromatic N) is 9. The summed E-state index contributed by atoms with van der Waals surface area (Å²) in [6.45, 7) is 11.5. The molecule has 314 valence electrons. The zero-order valence-electron chi connectivity index (χ0n) is 33.9. The molecule has 20 heteroatoms. The van der Waals surface area contributed by atoms with Crippen LogP contribution in [0.4, 0.5) is 39.6 Å². The molecule has 0 bridgehead atoms. The number of para-hydroxylation sites is 2. The number of hydrogen-bond acceptors (Lipinski definition) is 15. The van der Waals surface area contributed by atoms with Crippen LogP contribution in [0.15, 0.2) is 98.9 Å². The molecule has 0 aliphatic rings. The molecule has 4 aromatic heterocycles.